The Labute approximate surface area is 323 Å². The number of hydrogen-bond donors (Lipinski definition) is 0. The van der Waals surface area contributed by atoms with Crippen LogP contribution in [0.3, 0.4) is 0 Å². The molecule has 0 aliphatic carbocycles. The maximum atomic E-state index is 12.1. The van der Waals surface area contributed by atoms with Gasteiger partial charge < -0.3 is 19.3 Å². The van der Waals surface area contributed by atoms with Crippen molar-refractivity contribution < 1.29 is 19.1 Å². The zero-order valence-electron chi connectivity index (χ0n) is 34.9. The molecule has 1 aliphatic heterocycles. The van der Waals surface area contributed by atoms with Crippen molar-refractivity contribution in [1.29, 1.82) is 0 Å². The molecule has 0 spiro atoms. The molecule has 1 unspecified atom stereocenters. The minimum atomic E-state index is -0.0443. The highest BCUT2D eigenvalue weighted by Crippen LogP contribution is 2.24. The summed E-state index contributed by atoms with van der Waals surface area (Å²) in [5.74, 6) is 0.772. The topological polar surface area (TPSA) is 59.1 Å². The van der Waals surface area contributed by atoms with Gasteiger partial charge in [0.25, 0.3) is 0 Å². The van der Waals surface area contributed by atoms with E-state index in [2.05, 4.69) is 42.8 Å². The van der Waals surface area contributed by atoms with Crippen LogP contribution in [0.5, 0.6) is 0 Å². The van der Waals surface area contributed by atoms with E-state index in [-0.39, 0.29) is 11.9 Å². The van der Waals surface area contributed by atoms with Crippen LogP contribution in [0.25, 0.3) is 0 Å². The first-order valence-electron chi connectivity index (χ1n) is 22.6. The molecule has 0 saturated carbocycles. The van der Waals surface area contributed by atoms with Crippen LogP contribution in [0.1, 0.15) is 200 Å². The quantitative estimate of drug-likeness (QED) is 0.0360. The van der Waals surface area contributed by atoms with Gasteiger partial charge in [0, 0.05) is 39.0 Å². The van der Waals surface area contributed by atoms with Crippen LogP contribution in [0.15, 0.2) is 24.3 Å². The van der Waals surface area contributed by atoms with Crippen LogP contribution in [0.2, 0.25) is 0 Å². The van der Waals surface area contributed by atoms with Crippen LogP contribution in [0, 0.1) is 5.92 Å². The standard InChI is InChI=1S/C46H86N2O4/c1-4-6-8-10-12-18-24-30-43-52-46(50)36-28-22-16-14-20-26-33-44(34-31-37-48-40-38-47(3)39-41-48)32-25-19-13-15-21-27-35-45(49)51-42-29-23-17-11-9-7-5-2/h23-24,29-30,44H,4-22,25-28,31-43H2,1-3H3/b29-23+,30-24+. The van der Waals surface area contributed by atoms with Crippen molar-refractivity contribution in [3.8, 4) is 0 Å². The number of carbonyl (C=O) groups is 2. The van der Waals surface area contributed by atoms with E-state index in [0.29, 0.717) is 26.1 Å². The third-order valence-electron chi connectivity index (χ3n) is 10.9. The zero-order valence-corrected chi connectivity index (χ0v) is 34.9. The Morgan fingerprint density at radius 3 is 1.40 bits per heavy atom. The van der Waals surface area contributed by atoms with Crippen molar-refractivity contribution in [3.63, 3.8) is 0 Å². The van der Waals surface area contributed by atoms with Crippen molar-refractivity contribution in [3.05, 3.63) is 24.3 Å². The Balaban J connectivity index is 2.13. The molecule has 0 N–H and O–H groups in total. The molecule has 0 aromatic rings. The maximum Gasteiger partial charge on any atom is 0.306 e. The van der Waals surface area contributed by atoms with Gasteiger partial charge in [0.15, 0.2) is 0 Å². The second-order valence-electron chi connectivity index (χ2n) is 15.8. The Kier molecular flexibility index (Phi) is 35.0. The van der Waals surface area contributed by atoms with Crippen molar-refractivity contribution >= 4 is 11.9 Å². The summed E-state index contributed by atoms with van der Waals surface area (Å²) in [5, 5.41) is 0. The van der Waals surface area contributed by atoms with E-state index in [9.17, 15) is 9.59 Å². The molecule has 0 bridgehead atoms. The fourth-order valence-electron chi connectivity index (χ4n) is 7.28. The fraction of sp³-hybridized carbons (Fsp3) is 0.870. The zero-order chi connectivity index (χ0) is 37.6. The Morgan fingerprint density at radius 2 is 0.904 bits per heavy atom. The lowest BCUT2D eigenvalue weighted by Crippen LogP contribution is -2.44. The van der Waals surface area contributed by atoms with Gasteiger partial charge >= 0.3 is 11.9 Å². The molecule has 0 amide bonds. The molecule has 0 radical (unpaired) electrons. The minimum absolute atomic E-state index is 0.0427. The van der Waals surface area contributed by atoms with Crippen molar-refractivity contribution in [2.75, 3.05) is 53.0 Å². The van der Waals surface area contributed by atoms with Crippen molar-refractivity contribution in [2.24, 2.45) is 5.92 Å². The molecular weight excluding hydrogens is 645 g/mol. The molecule has 6 nitrogen and oxygen atoms in total. The summed E-state index contributed by atoms with van der Waals surface area (Å²) >= 11 is 0. The van der Waals surface area contributed by atoms with E-state index in [1.165, 1.54) is 168 Å². The molecule has 1 saturated heterocycles. The number of hydrogen-bond acceptors (Lipinski definition) is 6. The van der Waals surface area contributed by atoms with Gasteiger partial charge in [-0.25, -0.2) is 0 Å². The summed E-state index contributed by atoms with van der Waals surface area (Å²) < 4.78 is 10.8. The minimum Gasteiger partial charge on any atom is -0.461 e. The maximum absolute atomic E-state index is 12.1. The Morgan fingerprint density at radius 1 is 0.500 bits per heavy atom. The highest BCUT2D eigenvalue weighted by atomic mass is 16.5. The molecular formula is C46H86N2O4. The van der Waals surface area contributed by atoms with E-state index in [4.69, 9.17) is 9.47 Å². The predicted octanol–water partition coefficient (Wildman–Crippen LogP) is 12.4. The number of piperazine rings is 1. The lowest BCUT2D eigenvalue weighted by atomic mass is 9.90. The van der Waals surface area contributed by atoms with Gasteiger partial charge in [0.05, 0.1) is 0 Å². The Hall–Kier alpha value is -1.66. The number of unbranched alkanes of at least 4 members (excludes halogenated alkanes) is 19. The molecule has 0 aromatic heterocycles. The highest BCUT2D eigenvalue weighted by molar-refractivity contribution is 5.69. The molecule has 1 heterocycles. The van der Waals surface area contributed by atoms with Gasteiger partial charge in [-0.05, 0) is 70.9 Å². The smallest absolute Gasteiger partial charge is 0.306 e. The first kappa shape index (κ1) is 48.4. The number of nitrogens with zero attached hydrogens (tertiary/aromatic N) is 2. The lowest BCUT2D eigenvalue weighted by Gasteiger charge is -2.32. The second-order valence-corrected chi connectivity index (χ2v) is 15.8. The first-order valence-corrected chi connectivity index (χ1v) is 22.6. The number of rotatable bonds is 37. The number of allylic oxidation sites excluding steroid dienone is 2. The average Bonchev–Trinajstić information content (AvgIpc) is 3.14. The van der Waals surface area contributed by atoms with Gasteiger partial charge in [0.1, 0.15) is 13.2 Å². The lowest BCUT2D eigenvalue weighted by molar-refractivity contribution is -0.143. The summed E-state index contributed by atoms with van der Waals surface area (Å²) in [5.41, 5.74) is 0. The fourth-order valence-corrected chi connectivity index (χ4v) is 7.28. The molecule has 1 fully saturated rings. The predicted molar refractivity (Wildman–Crippen MR) is 223 cm³/mol. The van der Waals surface area contributed by atoms with E-state index in [1.54, 1.807) is 0 Å². The summed E-state index contributed by atoms with van der Waals surface area (Å²) in [6.45, 7) is 11.5. The number of likely N-dealkylation sites (N-methyl/N-ethyl adjacent to an activating group) is 1. The highest BCUT2D eigenvalue weighted by Gasteiger charge is 2.15. The Bertz CT molecular complexity index is 851. The van der Waals surface area contributed by atoms with E-state index >= 15 is 0 Å². The van der Waals surface area contributed by atoms with E-state index in [1.807, 2.05) is 12.2 Å². The molecule has 52 heavy (non-hydrogen) atoms. The largest absolute Gasteiger partial charge is 0.461 e. The molecule has 6 heteroatoms. The second kappa shape index (κ2) is 37.6. The first-order chi connectivity index (χ1) is 25.5. The summed E-state index contributed by atoms with van der Waals surface area (Å²) in [6, 6.07) is 0. The third-order valence-corrected chi connectivity index (χ3v) is 10.9. The monoisotopic (exact) mass is 731 g/mol. The SMILES string of the molecule is CCCCCC/C=C/COC(=O)CCCCCCCCC(CCCCCCCCC(=O)OC/C=C/CCCCCCC)CCCN1CCN(C)CC1. The van der Waals surface area contributed by atoms with Gasteiger partial charge in [-0.1, -0.05) is 160 Å². The summed E-state index contributed by atoms with van der Waals surface area (Å²) in [4.78, 5) is 29.2. The van der Waals surface area contributed by atoms with Crippen LogP contribution < -0.4 is 0 Å². The van der Waals surface area contributed by atoms with E-state index in [0.717, 1.165) is 44.4 Å². The van der Waals surface area contributed by atoms with Gasteiger partial charge in [-0.2, -0.15) is 0 Å². The van der Waals surface area contributed by atoms with Gasteiger partial charge in [0.2, 0.25) is 0 Å². The molecule has 1 aliphatic rings. The van der Waals surface area contributed by atoms with Crippen LogP contribution in [-0.2, 0) is 19.1 Å². The third kappa shape index (κ3) is 32.9. The number of carbonyl (C=O) groups excluding carboxylic acids is 2. The molecule has 304 valence electrons. The summed E-state index contributed by atoms with van der Waals surface area (Å²) in [7, 11) is 2.24. The number of esters is 2. The van der Waals surface area contributed by atoms with Crippen molar-refractivity contribution in [2.45, 2.75) is 200 Å². The summed E-state index contributed by atoms with van der Waals surface area (Å²) in [6.07, 6.45) is 43.2. The van der Waals surface area contributed by atoms with Crippen LogP contribution >= 0.6 is 0 Å². The van der Waals surface area contributed by atoms with Crippen molar-refractivity contribution in [1.82, 2.24) is 9.80 Å². The normalized spacial score (nSPS) is 14.8. The molecule has 1 rings (SSSR count). The average molecular weight is 731 g/mol. The van der Waals surface area contributed by atoms with Gasteiger partial charge in [-0.15, -0.1) is 0 Å². The molecule has 1 atom stereocenters. The van der Waals surface area contributed by atoms with Gasteiger partial charge in [-0.3, -0.25) is 9.59 Å². The van der Waals surface area contributed by atoms with Crippen LogP contribution in [-0.4, -0.2) is 74.7 Å². The van der Waals surface area contributed by atoms with E-state index < -0.39 is 0 Å². The molecule has 0 aromatic carbocycles. The van der Waals surface area contributed by atoms with Crippen LogP contribution in [0.4, 0.5) is 0 Å². The number of ether oxygens (including phenoxy) is 2.